The lowest BCUT2D eigenvalue weighted by Crippen LogP contribution is -2.32. The number of ether oxygens (including phenoxy) is 3. The Morgan fingerprint density at radius 1 is 1.09 bits per heavy atom. The van der Waals surface area contributed by atoms with E-state index in [0.29, 0.717) is 34.5 Å². The summed E-state index contributed by atoms with van der Waals surface area (Å²) in [5.74, 6) is 1.11. The van der Waals surface area contributed by atoms with E-state index in [1.165, 1.54) is 32.7 Å². The lowest BCUT2D eigenvalue weighted by Gasteiger charge is -2.21. The summed E-state index contributed by atoms with van der Waals surface area (Å²) in [5.41, 5.74) is 1.30. The summed E-state index contributed by atoms with van der Waals surface area (Å²) < 4.78 is 19.3. The van der Waals surface area contributed by atoms with Crippen molar-refractivity contribution < 1.29 is 19.0 Å². The maximum Gasteiger partial charge on any atom is 0.260 e. The average molecular weight is 453 g/mol. The maximum atomic E-state index is 13.7. The number of methoxy groups -OCH3 is 3. The molecule has 9 heteroatoms. The summed E-state index contributed by atoms with van der Waals surface area (Å²) >= 11 is 1.49. The highest BCUT2D eigenvalue weighted by atomic mass is 32.1. The van der Waals surface area contributed by atoms with Crippen molar-refractivity contribution in [3.8, 4) is 17.2 Å². The van der Waals surface area contributed by atoms with Crippen molar-refractivity contribution in [3.63, 3.8) is 0 Å². The molecule has 2 aromatic carbocycles. The minimum atomic E-state index is -0.186. The van der Waals surface area contributed by atoms with Gasteiger partial charge in [-0.25, -0.2) is 9.97 Å². The van der Waals surface area contributed by atoms with E-state index >= 15 is 0 Å². The molecule has 0 atom stereocenters. The van der Waals surface area contributed by atoms with Gasteiger partial charge in [0.25, 0.3) is 5.91 Å². The van der Waals surface area contributed by atoms with Gasteiger partial charge in [0.2, 0.25) is 5.75 Å². The van der Waals surface area contributed by atoms with Crippen LogP contribution in [0.15, 0.2) is 55.1 Å². The number of imidazole rings is 1. The number of hydrogen-bond acceptors (Lipinski definition) is 7. The first kappa shape index (κ1) is 21.6. The number of carbonyl (C=O) groups is 1. The summed E-state index contributed by atoms with van der Waals surface area (Å²) in [5, 5.41) is 0.649. The Morgan fingerprint density at radius 2 is 1.84 bits per heavy atom. The van der Waals surface area contributed by atoms with Crippen molar-refractivity contribution in [2.75, 3.05) is 32.8 Å². The highest BCUT2D eigenvalue weighted by molar-refractivity contribution is 7.22. The SMILES string of the molecule is COc1cc(C(=O)N(CCCn2ccnc2)c2nc3ccccc3s2)cc(OC)c1OC. The molecule has 166 valence electrons. The van der Waals surface area contributed by atoms with Crippen LogP contribution in [0, 0.1) is 0 Å². The summed E-state index contributed by atoms with van der Waals surface area (Å²) in [6.45, 7) is 1.23. The Bertz CT molecular complexity index is 1150. The van der Waals surface area contributed by atoms with Gasteiger partial charge in [0.05, 0.1) is 37.9 Å². The molecular formula is C23H24N4O4S. The molecule has 32 heavy (non-hydrogen) atoms. The van der Waals surface area contributed by atoms with Crippen LogP contribution in [-0.2, 0) is 6.54 Å². The normalized spacial score (nSPS) is 10.8. The summed E-state index contributed by atoms with van der Waals surface area (Å²) in [6, 6.07) is 11.2. The van der Waals surface area contributed by atoms with Crippen LogP contribution >= 0.6 is 11.3 Å². The van der Waals surface area contributed by atoms with E-state index < -0.39 is 0 Å². The van der Waals surface area contributed by atoms with Gasteiger partial charge in [-0.15, -0.1) is 0 Å². The van der Waals surface area contributed by atoms with Crippen molar-refractivity contribution in [2.45, 2.75) is 13.0 Å². The van der Waals surface area contributed by atoms with E-state index in [9.17, 15) is 4.79 Å². The molecule has 0 bridgehead atoms. The zero-order valence-electron chi connectivity index (χ0n) is 18.1. The fraction of sp³-hybridized carbons (Fsp3) is 0.261. The Morgan fingerprint density at radius 3 is 2.47 bits per heavy atom. The fourth-order valence-electron chi connectivity index (χ4n) is 3.45. The first-order valence-corrected chi connectivity index (χ1v) is 10.9. The van der Waals surface area contributed by atoms with Crippen molar-refractivity contribution in [1.29, 1.82) is 0 Å². The van der Waals surface area contributed by atoms with E-state index in [-0.39, 0.29) is 5.91 Å². The van der Waals surface area contributed by atoms with Gasteiger partial charge in [-0.1, -0.05) is 23.5 Å². The molecule has 8 nitrogen and oxygen atoms in total. The molecule has 0 aliphatic heterocycles. The molecule has 0 N–H and O–H groups in total. The molecule has 0 fully saturated rings. The number of amides is 1. The largest absolute Gasteiger partial charge is 0.493 e. The standard InChI is InChI=1S/C23H24N4O4S/c1-29-18-13-16(14-19(30-2)21(18)31-3)22(28)27(11-6-10-26-12-9-24-15-26)23-25-17-7-4-5-8-20(17)32-23/h4-5,7-9,12-15H,6,10-11H2,1-3H3. The van der Waals surface area contributed by atoms with Gasteiger partial charge < -0.3 is 18.8 Å². The fourth-order valence-corrected chi connectivity index (χ4v) is 4.44. The summed E-state index contributed by atoms with van der Waals surface area (Å²) in [6.07, 6.45) is 6.15. The number of benzene rings is 2. The number of rotatable bonds is 9. The third kappa shape index (κ3) is 4.38. The minimum Gasteiger partial charge on any atom is -0.493 e. The van der Waals surface area contributed by atoms with Crippen LogP contribution < -0.4 is 19.1 Å². The van der Waals surface area contributed by atoms with Crippen LogP contribution in [-0.4, -0.2) is 48.3 Å². The van der Waals surface area contributed by atoms with Crippen molar-refractivity contribution >= 4 is 32.6 Å². The molecule has 4 rings (SSSR count). The Kier molecular flexibility index (Phi) is 6.55. The molecule has 2 heterocycles. The molecule has 0 aliphatic carbocycles. The summed E-state index contributed by atoms with van der Waals surface area (Å²) in [4.78, 5) is 24.2. The van der Waals surface area contributed by atoms with Gasteiger partial charge in [-0.2, -0.15) is 0 Å². The van der Waals surface area contributed by atoms with Gasteiger partial charge in [0.1, 0.15) is 0 Å². The van der Waals surface area contributed by atoms with Crippen molar-refractivity contribution in [3.05, 3.63) is 60.7 Å². The Labute approximate surface area is 190 Å². The molecule has 0 spiro atoms. The highest BCUT2D eigenvalue weighted by Gasteiger charge is 2.24. The molecule has 1 amide bonds. The smallest absolute Gasteiger partial charge is 0.260 e. The van der Waals surface area contributed by atoms with Crippen molar-refractivity contribution in [1.82, 2.24) is 14.5 Å². The quantitative estimate of drug-likeness (QED) is 0.378. The van der Waals surface area contributed by atoms with Gasteiger partial charge in [-0.3, -0.25) is 9.69 Å². The number of fused-ring (bicyclic) bond motifs is 1. The van der Waals surface area contributed by atoms with E-state index in [0.717, 1.165) is 23.2 Å². The number of thiazole rings is 1. The van der Waals surface area contributed by atoms with Crippen molar-refractivity contribution in [2.24, 2.45) is 0 Å². The molecule has 0 aliphatic rings. The van der Waals surface area contributed by atoms with Crippen LogP contribution in [0.4, 0.5) is 5.13 Å². The van der Waals surface area contributed by atoms with Crippen LogP contribution in [0.2, 0.25) is 0 Å². The van der Waals surface area contributed by atoms with Crippen LogP contribution in [0.25, 0.3) is 10.2 Å². The lowest BCUT2D eigenvalue weighted by atomic mass is 10.1. The van der Waals surface area contributed by atoms with E-state index in [1.807, 2.05) is 35.0 Å². The van der Waals surface area contributed by atoms with Crippen LogP contribution in [0.1, 0.15) is 16.8 Å². The zero-order valence-corrected chi connectivity index (χ0v) is 19.0. The minimum absolute atomic E-state index is 0.186. The molecule has 2 aromatic heterocycles. The van der Waals surface area contributed by atoms with Crippen LogP contribution in [0.3, 0.4) is 0 Å². The Balaban J connectivity index is 1.69. The topological polar surface area (TPSA) is 78.7 Å². The number of aryl methyl sites for hydroxylation is 1. The van der Waals surface area contributed by atoms with Gasteiger partial charge in [0, 0.05) is 31.0 Å². The second-order valence-electron chi connectivity index (χ2n) is 6.99. The van der Waals surface area contributed by atoms with E-state index in [4.69, 9.17) is 19.2 Å². The molecule has 4 aromatic rings. The lowest BCUT2D eigenvalue weighted by molar-refractivity contribution is 0.0985. The number of aromatic nitrogens is 3. The average Bonchev–Trinajstić information content (AvgIpc) is 3.50. The number of carbonyl (C=O) groups excluding carboxylic acids is 1. The summed E-state index contributed by atoms with van der Waals surface area (Å²) in [7, 11) is 4.59. The first-order chi connectivity index (χ1) is 15.6. The number of para-hydroxylation sites is 1. The second-order valence-corrected chi connectivity index (χ2v) is 8.00. The molecular weight excluding hydrogens is 428 g/mol. The van der Waals surface area contributed by atoms with Gasteiger partial charge in [0.15, 0.2) is 16.6 Å². The molecule has 0 saturated heterocycles. The third-order valence-electron chi connectivity index (χ3n) is 5.03. The monoisotopic (exact) mass is 452 g/mol. The molecule has 0 radical (unpaired) electrons. The van der Waals surface area contributed by atoms with E-state index in [1.54, 1.807) is 29.6 Å². The van der Waals surface area contributed by atoms with Gasteiger partial charge in [-0.05, 0) is 30.7 Å². The van der Waals surface area contributed by atoms with Gasteiger partial charge >= 0.3 is 0 Å². The number of anilines is 1. The number of nitrogens with zero attached hydrogens (tertiary/aromatic N) is 4. The molecule has 0 unspecified atom stereocenters. The number of hydrogen-bond donors (Lipinski definition) is 0. The Hall–Kier alpha value is -3.59. The maximum absolute atomic E-state index is 13.7. The first-order valence-electron chi connectivity index (χ1n) is 10.1. The third-order valence-corrected chi connectivity index (χ3v) is 6.09. The second kappa shape index (κ2) is 9.69. The predicted octanol–water partition coefficient (Wildman–Crippen LogP) is 4.26. The zero-order chi connectivity index (χ0) is 22.5. The predicted molar refractivity (Wildman–Crippen MR) is 124 cm³/mol. The van der Waals surface area contributed by atoms with Crippen LogP contribution in [0.5, 0.6) is 17.2 Å². The highest BCUT2D eigenvalue weighted by Crippen LogP contribution is 2.39. The molecule has 0 saturated carbocycles. The van der Waals surface area contributed by atoms with E-state index in [2.05, 4.69) is 4.98 Å².